The van der Waals surface area contributed by atoms with Crippen LogP contribution in [0.3, 0.4) is 0 Å². The lowest BCUT2D eigenvalue weighted by Gasteiger charge is -2.10. The van der Waals surface area contributed by atoms with Crippen molar-refractivity contribution in [2.24, 2.45) is 0 Å². The Kier molecular flexibility index (Phi) is 8.78. The molecule has 24 heavy (non-hydrogen) atoms. The van der Waals surface area contributed by atoms with Gasteiger partial charge in [-0.05, 0) is 11.5 Å². The highest BCUT2D eigenvalue weighted by Crippen LogP contribution is 2.22. The molecule has 3 N–H and O–H groups in total. The zero-order valence-electron chi connectivity index (χ0n) is 13.5. The smallest absolute Gasteiger partial charge is 0.243 e. The molecule has 6 nitrogen and oxygen atoms in total. The SMILES string of the molecule is COCCNCC(=O)NCC(=O)Nc1cccc2ccccc12.Cl. The lowest BCUT2D eigenvalue weighted by molar-refractivity contribution is -0.123. The predicted molar refractivity (Wildman–Crippen MR) is 97.6 cm³/mol. The summed E-state index contributed by atoms with van der Waals surface area (Å²) in [5, 5.41) is 10.3. The van der Waals surface area contributed by atoms with E-state index >= 15 is 0 Å². The van der Waals surface area contributed by atoms with E-state index in [0.717, 1.165) is 16.5 Å². The number of hydrogen-bond donors (Lipinski definition) is 3. The molecular formula is C17H22ClN3O3. The van der Waals surface area contributed by atoms with Crippen LogP contribution in [0.1, 0.15) is 0 Å². The number of amides is 2. The van der Waals surface area contributed by atoms with E-state index in [-0.39, 0.29) is 37.3 Å². The Morgan fingerprint density at radius 2 is 1.75 bits per heavy atom. The Hall–Kier alpha value is -2.15. The Labute approximate surface area is 147 Å². The van der Waals surface area contributed by atoms with Crippen LogP contribution in [0.2, 0.25) is 0 Å². The summed E-state index contributed by atoms with van der Waals surface area (Å²) in [6.07, 6.45) is 0. The van der Waals surface area contributed by atoms with E-state index in [1.807, 2.05) is 42.5 Å². The minimum atomic E-state index is -0.258. The normalized spacial score (nSPS) is 10.0. The zero-order chi connectivity index (χ0) is 16.5. The van der Waals surface area contributed by atoms with Gasteiger partial charge in [-0.2, -0.15) is 0 Å². The molecule has 7 heteroatoms. The fourth-order valence-corrected chi connectivity index (χ4v) is 2.15. The monoisotopic (exact) mass is 351 g/mol. The van der Waals surface area contributed by atoms with Crippen molar-refractivity contribution in [3.8, 4) is 0 Å². The molecule has 0 aliphatic carbocycles. The first-order valence-electron chi connectivity index (χ1n) is 7.44. The number of methoxy groups -OCH3 is 1. The van der Waals surface area contributed by atoms with Crippen molar-refractivity contribution in [2.45, 2.75) is 0 Å². The first-order valence-corrected chi connectivity index (χ1v) is 7.44. The highest BCUT2D eigenvalue weighted by molar-refractivity contribution is 6.03. The largest absolute Gasteiger partial charge is 0.383 e. The summed E-state index contributed by atoms with van der Waals surface area (Å²) < 4.78 is 4.87. The molecule has 2 aromatic rings. The number of carbonyl (C=O) groups is 2. The number of rotatable bonds is 8. The number of fused-ring (bicyclic) bond motifs is 1. The first-order chi connectivity index (χ1) is 11.2. The molecule has 0 fully saturated rings. The van der Waals surface area contributed by atoms with Crippen molar-refractivity contribution in [3.63, 3.8) is 0 Å². The fraction of sp³-hybridized carbons (Fsp3) is 0.294. The van der Waals surface area contributed by atoms with E-state index in [1.165, 1.54) is 0 Å². The van der Waals surface area contributed by atoms with Crippen molar-refractivity contribution < 1.29 is 14.3 Å². The molecule has 2 aromatic carbocycles. The van der Waals surface area contributed by atoms with Crippen LogP contribution in [0.25, 0.3) is 10.8 Å². The standard InChI is InChI=1S/C17H21N3O3.ClH/c1-23-10-9-18-11-16(21)19-12-17(22)20-15-8-4-6-13-5-2-3-7-14(13)15;/h2-8,18H,9-12H2,1H3,(H,19,21)(H,20,22);1H. The molecule has 0 atom stereocenters. The van der Waals surface area contributed by atoms with Gasteiger partial charge < -0.3 is 20.7 Å². The van der Waals surface area contributed by atoms with Crippen LogP contribution >= 0.6 is 12.4 Å². The summed E-state index contributed by atoms with van der Waals surface area (Å²) in [4.78, 5) is 23.6. The molecule has 2 amide bonds. The molecule has 0 saturated carbocycles. The second-order valence-corrected chi connectivity index (χ2v) is 5.02. The number of benzene rings is 2. The Morgan fingerprint density at radius 1 is 1.00 bits per heavy atom. The third kappa shape index (κ3) is 6.16. The van der Waals surface area contributed by atoms with Gasteiger partial charge in [0.25, 0.3) is 0 Å². The minimum absolute atomic E-state index is 0. The van der Waals surface area contributed by atoms with Crippen LogP contribution in [-0.4, -0.2) is 45.2 Å². The second-order valence-electron chi connectivity index (χ2n) is 5.02. The molecular weight excluding hydrogens is 330 g/mol. The first kappa shape index (κ1) is 19.9. The number of ether oxygens (including phenoxy) is 1. The van der Waals surface area contributed by atoms with Crippen molar-refractivity contribution >= 4 is 40.7 Å². The summed E-state index contributed by atoms with van der Waals surface area (Å²) in [6.45, 7) is 1.22. The number of nitrogens with one attached hydrogen (secondary N) is 3. The Bertz CT molecular complexity index is 674. The lowest BCUT2D eigenvalue weighted by atomic mass is 10.1. The number of carbonyl (C=O) groups excluding carboxylic acids is 2. The van der Waals surface area contributed by atoms with Crippen molar-refractivity contribution in [2.75, 3.05) is 38.7 Å². The molecule has 0 saturated heterocycles. The maximum absolute atomic E-state index is 12.0. The quantitative estimate of drug-likeness (QED) is 0.630. The van der Waals surface area contributed by atoms with Crippen LogP contribution < -0.4 is 16.0 Å². The fourth-order valence-electron chi connectivity index (χ4n) is 2.15. The summed E-state index contributed by atoms with van der Waals surface area (Å²) in [7, 11) is 1.60. The summed E-state index contributed by atoms with van der Waals surface area (Å²) in [5.41, 5.74) is 0.737. The molecule has 0 unspecified atom stereocenters. The average molecular weight is 352 g/mol. The van der Waals surface area contributed by atoms with Gasteiger partial charge in [0, 0.05) is 24.7 Å². The summed E-state index contributed by atoms with van der Waals surface area (Å²) in [6, 6.07) is 13.5. The Morgan fingerprint density at radius 3 is 2.54 bits per heavy atom. The van der Waals surface area contributed by atoms with Gasteiger partial charge in [-0.15, -0.1) is 12.4 Å². The van der Waals surface area contributed by atoms with Gasteiger partial charge in [0.05, 0.1) is 19.7 Å². The van der Waals surface area contributed by atoms with Gasteiger partial charge in [0.1, 0.15) is 0 Å². The highest BCUT2D eigenvalue weighted by Gasteiger charge is 2.07. The van der Waals surface area contributed by atoms with Crippen LogP contribution in [0.4, 0.5) is 5.69 Å². The van der Waals surface area contributed by atoms with Crippen molar-refractivity contribution in [1.82, 2.24) is 10.6 Å². The number of hydrogen-bond acceptors (Lipinski definition) is 4. The molecule has 0 aliphatic heterocycles. The van der Waals surface area contributed by atoms with Gasteiger partial charge in [0.15, 0.2) is 0 Å². The summed E-state index contributed by atoms with van der Waals surface area (Å²) in [5.74, 6) is -0.485. The van der Waals surface area contributed by atoms with Crippen LogP contribution in [-0.2, 0) is 14.3 Å². The molecule has 130 valence electrons. The highest BCUT2D eigenvalue weighted by atomic mass is 35.5. The maximum Gasteiger partial charge on any atom is 0.243 e. The van der Waals surface area contributed by atoms with Gasteiger partial charge in [0.2, 0.25) is 11.8 Å². The third-order valence-corrected chi connectivity index (χ3v) is 3.28. The molecule has 0 bridgehead atoms. The van der Waals surface area contributed by atoms with E-state index in [0.29, 0.717) is 13.2 Å². The molecule has 0 radical (unpaired) electrons. The zero-order valence-corrected chi connectivity index (χ0v) is 14.3. The second kappa shape index (κ2) is 10.6. The maximum atomic E-state index is 12.0. The molecule has 0 aromatic heterocycles. The van der Waals surface area contributed by atoms with Crippen molar-refractivity contribution in [3.05, 3.63) is 42.5 Å². The molecule has 0 heterocycles. The molecule has 0 aliphatic rings. The third-order valence-electron chi connectivity index (χ3n) is 3.28. The van der Waals surface area contributed by atoms with Gasteiger partial charge in [-0.3, -0.25) is 9.59 Å². The number of halogens is 1. The average Bonchev–Trinajstić information content (AvgIpc) is 2.57. The van der Waals surface area contributed by atoms with Gasteiger partial charge >= 0.3 is 0 Å². The lowest BCUT2D eigenvalue weighted by Crippen LogP contribution is -2.39. The van der Waals surface area contributed by atoms with Crippen LogP contribution in [0.15, 0.2) is 42.5 Å². The van der Waals surface area contributed by atoms with E-state index in [1.54, 1.807) is 7.11 Å². The predicted octanol–water partition coefficient (Wildman–Crippen LogP) is 1.55. The summed E-state index contributed by atoms with van der Waals surface area (Å²) >= 11 is 0. The Balaban J connectivity index is 0.00000288. The molecule has 0 spiro atoms. The minimum Gasteiger partial charge on any atom is -0.383 e. The van der Waals surface area contributed by atoms with E-state index in [9.17, 15) is 9.59 Å². The van der Waals surface area contributed by atoms with E-state index in [4.69, 9.17) is 4.74 Å². The van der Waals surface area contributed by atoms with Crippen LogP contribution in [0.5, 0.6) is 0 Å². The van der Waals surface area contributed by atoms with Gasteiger partial charge in [-0.25, -0.2) is 0 Å². The molecule has 2 rings (SSSR count). The van der Waals surface area contributed by atoms with Crippen LogP contribution in [0, 0.1) is 0 Å². The van der Waals surface area contributed by atoms with Crippen molar-refractivity contribution in [1.29, 1.82) is 0 Å². The van der Waals surface area contributed by atoms with E-state index in [2.05, 4.69) is 16.0 Å². The van der Waals surface area contributed by atoms with E-state index < -0.39 is 0 Å². The topological polar surface area (TPSA) is 79.5 Å². The number of anilines is 1. The van der Waals surface area contributed by atoms with Gasteiger partial charge in [-0.1, -0.05) is 36.4 Å².